The molecule has 7 heteroatoms. The number of hydrogen-bond donors (Lipinski definition) is 0. The van der Waals surface area contributed by atoms with Crippen molar-refractivity contribution in [3.63, 3.8) is 0 Å². The van der Waals surface area contributed by atoms with Crippen molar-refractivity contribution in [3.8, 4) is 11.1 Å². The molecule has 0 N–H and O–H groups in total. The van der Waals surface area contributed by atoms with Gasteiger partial charge in [-0.05, 0) is 86.4 Å². The second-order valence-electron chi connectivity index (χ2n) is 9.52. The van der Waals surface area contributed by atoms with Crippen molar-refractivity contribution in [2.45, 2.75) is 65.7 Å². The lowest BCUT2D eigenvalue weighted by Crippen LogP contribution is -2.27. The van der Waals surface area contributed by atoms with E-state index in [9.17, 15) is 4.79 Å². The summed E-state index contributed by atoms with van der Waals surface area (Å²) < 4.78 is 5.62. The third-order valence-corrected chi connectivity index (χ3v) is 9.25. The minimum Gasteiger partial charge on any atom is -0.460 e. The number of esters is 1. The largest absolute Gasteiger partial charge is 0.460 e. The molecule has 0 amide bonds. The molecule has 1 aliphatic carbocycles. The van der Waals surface area contributed by atoms with Crippen molar-refractivity contribution >= 4 is 52.1 Å². The number of thiophene rings is 1. The molecular formula is C28H38Cl3NO2S. The van der Waals surface area contributed by atoms with E-state index in [4.69, 9.17) is 39.5 Å². The first-order valence-corrected chi connectivity index (χ1v) is 15.1. The Morgan fingerprint density at radius 2 is 1.83 bits per heavy atom. The fourth-order valence-electron chi connectivity index (χ4n) is 5.10. The van der Waals surface area contributed by atoms with Crippen molar-refractivity contribution in [3.05, 3.63) is 43.6 Å². The van der Waals surface area contributed by atoms with Gasteiger partial charge in [0.1, 0.15) is 11.5 Å². The summed E-state index contributed by atoms with van der Waals surface area (Å²) in [5, 5.41) is 1.30. The predicted molar refractivity (Wildman–Crippen MR) is 152 cm³/mol. The molecule has 3 rings (SSSR count). The lowest BCUT2D eigenvalue weighted by molar-refractivity contribution is 0.0472. The number of nitrogens with zero attached hydrogens (tertiary/aromatic N) is 1. The van der Waals surface area contributed by atoms with Gasteiger partial charge in [-0.1, -0.05) is 56.8 Å². The van der Waals surface area contributed by atoms with Gasteiger partial charge in [0.25, 0.3) is 0 Å². The average molecular weight is 559 g/mol. The first-order chi connectivity index (χ1) is 16.9. The van der Waals surface area contributed by atoms with Crippen LogP contribution in [-0.2, 0) is 17.6 Å². The molecule has 1 aromatic carbocycles. The molecule has 1 fully saturated rings. The highest BCUT2D eigenvalue weighted by Gasteiger charge is 2.25. The minimum atomic E-state index is -0.254. The van der Waals surface area contributed by atoms with E-state index >= 15 is 0 Å². The normalized spacial score (nSPS) is 17.9. The van der Waals surface area contributed by atoms with Crippen LogP contribution in [0.4, 0.5) is 0 Å². The summed E-state index contributed by atoms with van der Waals surface area (Å²) in [7, 11) is 0. The lowest BCUT2D eigenvalue weighted by atomic mass is 9.91. The number of aryl methyl sites for hydroxylation is 2. The van der Waals surface area contributed by atoms with Crippen LogP contribution in [0.15, 0.2) is 18.2 Å². The second-order valence-corrected chi connectivity index (χ2v) is 11.8. The molecule has 1 aromatic heterocycles. The van der Waals surface area contributed by atoms with Gasteiger partial charge < -0.3 is 9.64 Å². The Morgan fingerprint density at radius 3 is 2.49 bits per heavy atom. The standard InChI is InChI=1S/C28H38Cl3NO2S/c1-4-7-25-23(17-26(35-25)28(33)34-13-12-32(5-2)6-3)27-21(15-22(30)16-24(27)31)11-10-19-8-9-20(14-19)18-29/h15-17,19-20H,4-14,18H2,1-3H3/t19-,20?/m1/s1. The van der Waals surface area contributed by atoms with Crippen LogP contribution >= 0.6 is 46.1 Å². The van der Waals surface area contributed by atoms with Crippen LogP contribution in [0.3, 0.4) is 0 Å². The van der Waals surface area contributed by atoms with Crippen LogP contribution in [0.5, 0.6) is 0 Å². The summed E-state index contributed by atoms with van der Waals surface area (Å²) in [5.41, 5.74) is 3.23. The van der Waals surface area contributed by atoms with Gasteiger partial charge >= 0.3 is 5.97 Å². The second kappa shape index (κ2) is 14.2. The molecule has 2 aromatic rings. The fourth-order valence-corrected chi connectivity index (χ4v) is 7.18. The van der Waals surface area contributed by atoms with Gasteiger partial charge in [-0.2, -0.15) is 0 Å². The molecule has 35 heavy (non-hydrogen) atoms. The SMILES string of the molecule is CCCc1sc(C(=O)OCCN(CC)CC)cc1-c1c(Cl)cc(Cl)cc1CC[C@H]1CCC(CCl)C1. The van der Waals surface area contributed by atoms with E-state index in [2.05, 4.69) is 25.7 Å². The molecule has 0 saturated heterocycles. The molecule has 0 spiro atoms. The third-order valence-electron chi connectivity index (χ3n) is 7.12. The van der Waals surface area contributed by atoms with Crippen molar-refractivity contribution in [2.75, 3.05) is 32.1 Å². The number of alkyl halides is 1. The third kappa shape index (κ3) is 7.85. The van der Waals surface area contributed by atoms with E-state index in [0.717, 1.165) is 67.9 Å². The van der Waals surface area contributed by atoms with E-state index in [1.54, 1.807) is 0 Å². The molecule has 1 unspecified atom stereocenters. The molecule has 0 radical (unpaired) electrons. The summed E-state index contributed by atoms with van der Waals surface area (Å²) in [6, 6.07) is 5.84. The Labute approximate surface area is 230 Å². The molecule has 1 aliphatic rings. The molecule has 0 aliphatic heterocycles. The number of carbonyl (C=O) groups is 1. The molecule has 1 heterocycles. The van der Waals surface area contributed by atoms with E-state index in [1.165, 1.54) is 35.5 Å². The highest BCUT2D eigenvalue weighted by atomic mass is 35.5. The summed E-state index contributed by atoms with van der Waals surface area (Å²) >= 11 is 20.9. The van der Waals surface area contributed by atoms with Gasteiger partial charge in [-0.25, -0.2) is 4.79 Å². The topological polar surface area (TPSA) is 29.5 Å². The highest BCUT2D eigenvalue weighted by molar-refractivity contribution is 7.14. The van der Waals surface area contributed by atoms with Gasteiger partial charge in [0.2, 0.25) is 0 Å². The number of carbonyl (C=O) groups excluding carboxylic acids is 1. The summed E-state index contributed by atoms with van der Waals surface area (Å²) in [6.45, 7) is 9.43. The van der Waals surface area contributed by atoms with Crippen LogP contribution in [0, 0.1) is 11.8 Å². The predicted octanol–water partition coefficient (Wildman–Crippen LogP) is 8.76. The number of hydrogen-bond acceptors (Lipinski definition) is 4. The van der Waals surface area contributed by atoms with Gasteiger partial charge in [-0.15, -0.1) is 22.9 Å². The van der Waals surface area contributed by atoms with Gasteiger partial charge in [-0.3, -0.25) is 0 Å². The summed E-state index contributed by atoms with van der Waals surface area (Å²) in [4.78, 5) is 17.0. The maximum Gasteiger partial charge on any atom is 0.348 e. The molecule has 2 atom stereocenters. The van der Waals surface area contributed by atoms with Crippen LogP contribution in [0.25, 0.3) is 11.1 Å². The summed E-state index contributed by atoms with van der Waals surface area (Å²) in [6.07, 6.45) is 7.57. The smallest absolute Gasteiger partial charge is 0.348 e. The zero-order valence-corrected chi connectivity index (χ0v) is 24.3. The average Bonchev–Trinajstić information content (AvgIpc) is 3.47. The van der Waals surface area contributed by atoms with E-state index in [0.29, 0.717) is 33.4 Å². The Bertz CT molecular complexity index is 973. The van der Waals surface area contributed by atoms with Crippen LogP contribution in [0.1, 0.15) is 73.0 Å². The Morgan fingerprint density at radius 1 is 1.09 bits per heavy atom. The monoisotopic (exact) mass is 557 g/mol. The molecule has 0 bridgehead atoms. The van der Waals surface area contributed by atoms with Crippen molar-refractivity contribution in [1.82, 2.24) is 4.90 Å². The Hall–Kier alpha value is -0.780. The number of benzene rings is 1. The number of rotatable bonds is 13. The fraction of sp³-hybridized carbons (Fsp3) is 0.607. The van der Waals surface area contributed by atoms with Crippen LogP contribution in [-0.4, -0.2) is 43.0 Å². The van der Waals surface area contributed by atoms with Crippen molar-refractivity contribution in [1.29, 1.82) is 0 Å². The quantitative estimate of drug-likeness (QED) is 0.182. The minimum absolute atomic E-state index is 0.254. The van der Waals surface area contributed by atoms with Crippen LogP contribution in [0.2, 0.25) is 10.0 Å². The van der Waals surface area contributed by atoms with Gasteiger partial charge in [0.15, 0.2) is 0 Å². The van der Waals surface area contributed by atoms with Gasteiger partial charge in [0.05, 0.1) is 5.02 Å². The zero-order chi connectivity index (χ0) is 25.4. The number of halogens is 3. The van der Waals surface area contributed by atoms with Crippen LogP contribution < -0.4 is 0 Å². The summed E-state index contributed by atoms with van der Waals surface area (Å²) in [5.74, 6) is 1.84. The number of ether oxygens (including phenoxy) is 1. The number of likely N-dealkylation sites (N-methyl/N-ethyl adjacent to an activating group) is 1. The van der Waals surface area contributed by atoms with Crippen molar-refractivity contribution in [2.24, 2.45) is 11.8 Å². The molecular weight excluding hydrogens is 521 g/mol. The van der Waals surface area contributed by atoms with Gasteiger partial charge in [0, 0.05) is 27.9 Å². The Balaban J connectivity index is 1.83. The molecule has 194 valence electrons. The highest BCUT2D eigenvalue weighted by Crippen LogP contribution is 2.42. The first kappa shape index (κ1) is 28.8. The lowest BCUT2D eigenvalue weighted by Gasteiger charge is -2.17. The Kier molecular flexibility index (Phi) is 11.7. The van der Waals surface area contributed by atoms with Crippen molar-refractivity contribution < 1.29 is 9.53 Å². The first-order valence-electron chi connectivity index (χ1n) is 13.0. The van der Waals surface area contributed by atoms with E-state index in [-0.39, 0.29) is 5.97 Å². The van der Waals surface area contributed by atoms with E-state index in [1.807, 2.05) is 18.2 Å². The zero-order valence-electron chi connectivity index (χ0n) is 21.2. The molecule has 3 nitrogen and oxygen atoms in total. The van der Waals surface area contributed by atoms with E-state index < -0.39 is 0 Å². The maximum atomic E-state index is 12.9. The molecule has 1 saturated carbocycles. The maximum absolute atomic E-state index is 12.9.